The molecule has 52 heavy (non-hydrogen) atoms. The first-order valence-corrected chi connectivity index (χ1v) is 18.5. The van der Waals surface area contributed by atoms with Gasteiger partial charge in [-0.3, -0.25) is 14.6 Å². The van der Waals surface area contributed by atoms with Crippen molar-refractivity contribution in [2.24, 2.45) is 0 Å². The number of hydrogen-bond donors (Lipinski definition) is 3. The lowest BCUT2D eigenvalue weighted by molar-refractivity contribution is -0.120. The molecule has 0 aliphatic rings. The molecule has 260 valence electrons. The monoisotopic (exact) mass is 724 g/mol. The maximum Gasteiger partial charge on any atom is 0.217 e. The first-order valence-electron chi connectivity index (χ1n) is 16.9. The molecule has 0 saturated carbocycles. The molecule has 0 aliphatic carbocycles. The second-order valence-corrected chi connectivity index (χ2v) is 14.4. The highest BCUT2D eigenvalue weighted by atomic mass is 32.1. The fourth-order valence-electron chi connectivity index (χ4n) is 6.01. The Morgan fingerprint density at radius 1 is 0.635 bits per heavy atom. The minimum atomic E-state index is -0.310. The summed E-state index contributed by atoms with van der Waals surface area (Å²) in [6.45, 7) is 3.67. The van der Waals surface area contributed by atoms with Crippen LogP contribution in [0.25, 0.3) is 32.0 Å². The van der Waals surface area contributed by atoms with Crippen molar-refractivity contribution in [2.45, 2.75) is 45.3 Å². The molecule has 7 rings (SSSR count). The molecule has 0 fully saturated rings. The third kappa shape index (κ3) is 8.53. The summed E-state index contributed by atoms with van der Waals surface area (Å²) in [5, 5.41) is 31.6. The van der Waals surface area contributed by atoms with E-state index < -0.39 is 0 Å². The number of carbonyl (C=O) groups excluding carboxylic acids is 2. The van der Waals surface area contributed by atoms with Crippen molar-refractivity contribution >= 4 is 51.1 Å². The highest BCUT2D eigenvalue weighted by Crippen LogP contribution is 2.33. The van der Waals surface area contributed by atoms with E-state index in [4.69, 9.17) is 0 Å². The van der Waals surface area contributed by atoms with Crippen LogP contribution in [0.15, 0.2) is 115 Å². The summed E-state index contributed by atoms with van der Waals surface area (Å²) in [6.07, 6.45) is 2.94. The van der Waals surface area contributed by atoms with E-state index in [0.717, 1.165) is 64.4 Å². The first-order chi connectivity index (χ1) is 25.4. The number of nitrogens with one attached hydrogen (secondary N) is 3. The Labute approximate surface area is 309 Å². The molecule has 4 aromatic carbocycles. The van der Waals surface area contributed by atoms with E-state index in [2.05, 4.69) is 77.7 Å². The van der Waals surface area contributed by atoms with Crippen LogP contribution >= 0.6 is 22.7 Å². The predicted octanol–water partition coefficient (Wildman–Crippen LogP) is 7.72. The molecule has 2 unspecified atom stereocenters. The number of pyridine rings is 1. The van der Waals surface area contributed by atoms with Gasteiger partial charge in [-0.2, -0.15) is 0 Å². The Morgan fingerprint density at radius 2 is 1.27 bits per heavy atom. The molecule has 0 radical (unpaired) electrons. The molecule has 2 amide bonds. The van der Waals surface area contributed by atoms with Crippen LogP contribution in [0.1, 0.15) is 52.6 Å². The number of para-hydroxylation sites is 1. The summed E-state index contributed by atoms with van der Waals surface area (Å²) in [7, 11) is 0. The zero-order valence-electron chi connectivity index (χ0n) is 28.6. The number of hydrogen-bond acceptors (Lipinski definition) is 10. The van der Waals surface area contributed by atoms with Gasteiger partial charge in [0.25, 0.3) is 0 Å². The fraction of sp³-hybridized carbons (Fsp3) is 0.175. The van der Waals surface area contributed by atoms with E-state index in [1.165, 1.54) is 36.5 Å². The Hall–Kier alpha value is -5.85. The van der Waals surface area contributed by atoms with Gasteiger partial charge in [0.2, 0.25) is 11.8 Å². The second-order valence-electron chi connectivity index (χ2n) is 12.4. The van der Waals surface area contributed by atoms with Gasteiger partial charge in [-0.15, -0.1) is 20.4 Å². The number of carbonyl (C=O) groups is 2. The summed E-state index contributed by atoms with van der Waals surface area (Å²) in [6, 6.07) is 35.8. The second kappa shape index (κ2) is 16.0. The van der Waals surface area contributed by atoms with Crippen molar-refractivity contribution in [3.63, 3.8) is 0 Å². The van der Waals surface area contributed by atoms with Crippen molar-refractivity contribution in [3.8, 4) is 21.1 Å². The Balaban J connectivity index is 0.994. The molecule has 7 aromatic rings. The van der Waals surface area contributed by atoms with Gasteiger partial charge in [0.1, 0.15) is 20.0 Å². The van der Waals surface area contributed by atoms with Crippen LogP contribution < -0.4 is 16.0 Å². The smallest absolute Gasteiger partial charge is 0.217 e. The number of aromatic nitrogens is 5. The Bertz CT molecular complexity index is 2300. The van der Waals surface area contributed by atoms with Crippen molar-refractivity contribution in [2.75, 3.05) is 5.32 Å². The molecule has 12 heteroatoms. The summed E-state index contributed by atoms with van der Waals surface area (Å²) < 4.78 is 0. The van der Waals surface area contributed by atoms with Crippen LogP contribution in [-0.2, 0) is 29.0 Å². The van der Waals surface area contributed by atoms with Gasteiger partial charge in [-0.1, -0.05) is 108 Å². The van der Waals surface area contributed by atoms with E-state index in [-0.39, 0.29) is 23.9 Å². The third-order valence-corrected chi connectivity index (χ3v) is 10.6. The molecular formula is C40H36N8O2S2. The number of anilines is 1. The summed E-state index contributed by atoms with van der Waals surface area (Å²) >= 11 is 2.98. The number of fused-ring (bicyclic) bond motifs is 1. The molecular weight excluding hydrogens is 689 g/mol. The van der Waals surface area contributed by atoms with Crippen LogP contribution in [0.4, 0.5) is 5.69 Å². The Kier molecular flexibility index (Phi) is 10.6. The zero-order chi connectivity index (χ0) is 35.9. The molecule has 0 saturated heterocycles. The molecule has 3 N–H and O–H groups in total. The van der Waals surface area contributed by atoms with Gasteiger partial charge < -0.3 is 16.0 Å². The molecule has 2 atom stereocenters. The minimum Gasteiger partial charge on any atom is -0.381 e. The van der Waals surface area contributed by atoms with E-state index in [9.17, 15) is 9.59 Å². The lowest BCUT2D eigenvalue weighted by Gasteiger charge is -2.16. The standard InChI is InChI=1S/C40H36N8O2S2/c1-25(49)43-35(40-48-46-38(52-40)33-19-20-41-34-14-7-6-13-32(33)34)22-27-15-17-28(18-16-27)24-42-31-12-8-9-29(21-31)23-36(44-26(2)50)39-47-45-37(51-39)30-10-4-3-5-11-30/h3-21,35-36,42H,22-24H2,1-2H3,(H,43,49)(H,44,50). The van der Waals surface area contributed by atoms with Gasteiger partial charge in [-0.05, 0) is 53.8 Å². The lowest BCUT2D eigenvalue weighted by Crippen LogP contribution is -2.27. The number of rotatable bonds is 13. The number of benzene rings is 4. The molecule has 3 heterocycles. The molecule has 3 aromatic heterocycles. The highest BCUT2D eigenvalue weighted by molar-refractivity contribution is 7.15. The Morgan fingerprint density at radius 3 is 2.00 bits per heavy atom. The third-order valence-electron chi connectivity index (χ3n) is 8.46. The van der Waals surface area contributed by atoms with Gasteiger partial charge in [-0.25, -0.2) is 0 Å². The summed E-state index contributed by atoms with van der Waals surface area (Å²) in [4.78, 5) is 28.8. The maximum atomic E-state index is 12.2. The predicted molar refractivity (Wildman–Crippen MR) is 207 cm³/mol. The topological polar surface area (TPSA) is 135 Å². The SMILES string of the molecule is CC(=O)NC(Cc1cccc(NCc2ccc(CC(NC(C)=O)c3nnc(-c4ccnc5ccccc45)s3)cc2)c1)c1nnc(-c2ccccc2)s1. The molecule has 0 spiro atoms. The van der Waals surface area contributed by atoms with Crippen molar-refractivity contribution in [1.29, 1.82) is 0 Å². The van der Waals surface area contributed by atoms with Gasteiger partial charge in [0, 0.05) is 48.8 Å². The number of amides is 2. The largest absolute Gasteiger partial charge is 0.381 e. The van der Waals surface area contributed by atoms with E-state index >= 15 is 0 Å². The lowest BCUT2D eigenvalue weighted by atomic mass is 10.0. The molecule has 0 aliphatic heterocycles. The number of nitrogens with zero attached hydrogens (tertiary/aromatic N) is 5. The average Bonchev–Trinajstić information content (AvgIpc) is 3.86. The van der Waals surface area contributed by atoms with E-state index in [1.807, 2.05) is 72.8 Å². The van der Waals surface area contributed by atoms with E-state index in [1.54, 1.807) is 6.20 Å². The van der Waals surface area contributed by atoms with Crippen molar-refractivity contribution in [1.82, 2.24) is 36.0 Å². The summed E-state index contributed by atoms with van der Waals surface area (Å²) in [5.41, 5.74) is 7.11. The van der Waals surface area contributed by atoms with Crippen LogP contribution in [0.2, 0.25) is 0 Å². The normalized spacial score (nSPS) is 12.3. The van der Waals surface area contributed by atoms with Gasteiger partial charge in [0.05, 0.1) is 17.6 Å². The zero-order valence-corrected chi connectivity index (χ0v) is 30.2. The molecule has 0 bridgehead atoms. The average molecular weight is 725 g/mol. The van der Waals surface area contributed by atoms with Gasteiger partial charge in [0.15, 0.2) is 0 Å². The minimum absolute atomic E-state index is 0.116. The van der Waals surface area contributed by atoms with E-state index in [0.29, 0.717) is 19.4 Å². The van der Waals surface area contributed by atoms with Crippen LogP contribution in [0.3, 0.4) is 0 Å². The van der Waals surface area contributed by atoms with Crippen molar-refractivity contribution < 1.29 is 9.59 Å². The van der Waals surface area contributed by atoms with Crippen LogP contribution in [0, 0.1) is 0 Å². The van der Waals surface area contributed by atoms with Gasteiger partial charge >= 0.3 is 0 Å². The maximum absolute atomic E-state index is 12.2. The quantitative estimate of drug-likeness (QED) is 0.110. The highest BCUT2D eigenvalue weighted by Gasteiger charge is 2.21. The van der Waals surface area contributed by atoms with Crippen LogP contribution in [0.5, 0.6) is 0 Å². The van der Waals surface area contributed by atoms with Crippen LogP contribution in [-0.4, -0.2) is 37.2 Å². The first kappa shape index (κ1) is 34.6. The fourth-order valence-corrected chi connectivity index (χ4v) is 7.84. The summed E-state index contributed by atoms with van der Waals surface area (Å²) in [5.74, 6) is -0.239. The molecule has 10 nitrogen and oxygen atoms in total. The van der Waals surface area contributed by atoms with Crippen molar-refractivity contribution in [3.05, 3.63) is 142 Å².